The molecule has 0 aromatic carbocycles. The number of nitrogens with zero attached hydrogens (tertiary/aromatic N) is 3. The molecular formula is C26H28F5N5O3S. The topological polar surface area (TPSA) is 107 Å². The first-order valence-corrected chi connectivity index (χ1v) is 14.3. The number of alkyl halides is 5. The molecule has 2 aliphatic heterocycles. The number of fused-ring (bicyclic) bond motifs is 2. The van der Waals surface area contributed by atoms with E-state index in [0.29, 0.717) is 25.7 Å². The maximum absolute atomic E-state index is 14.3. The number of hydrogen-bond donors (Lipinski definition) is 3. The summed E-state index contributed by atoms with van der Waals surface area (Å²) in [6.07, 6.45) is -2.31. The Balaban J connectivity index is 1.36. The first kappa shape index (κ1) is 27.3. The molecular weight excluding hydrogens is 557 g/mol. The van der Waals surface area contributed by atoms with E-state index < -0.39 is 48.0 Å². The number of anilines is 1. The van der Waals surface area contributed by atoms with Gasteiger partial charge < -0.3 is 20.6 Å². The van der Waals surface area contributed by atoms with Gasteiger partial charge in [-0.05, 0) is 63.4 Å². The molecule has 8 nitrogen and oxygen atoms in total. The number of nitrogens with one attached hydrogen (secondary N) is 2. The van der Waals surface area contributed by atoms with E-state index in [1.807, 2.05) is 0 Å². The van der Waals surface area contributed by atoms with Gasteiger partial charge in [-0.2, -0.15) is 13.2 Å². The second-order valence-electron chi connectivity index (χ2n) is 11.1. The van der Waals surface area contributed by atoms with Crippen molar-refractivity contribution in [2.24, 2.45) is 5.92 Å². The summed E-state index contributed by atoms with van der Waals surface area (Å²) in [5.74, 6) is -2.03. The molecule has 2 bridgehead atoms. The molecule has 14 heteroatoms. The molecule has 1 atom stereocenters. The zero-order valence-electron chi connectivity index (χ0n) is 21.3. The van der Waals surface area contributed by atoms with Gasteiger partial charge >= 0.3 is 6.18 Å². The molecule has 2 aromatic heterocycles. The van der Waals surface area contributed by atoms with E-state index in [-0.39, 0.29) is 45.1 Å². The second-order valence-corrected chi connectivity index (χ2v) is 12.1. The molecule has 216 valence electrons. The Morgan fingerprint density at radius 3 is 2.27 bits per heavy atom. The minimum atomic E-state index is -4.57. The summed E-state index contributed by atoms with van der Waals surface area (Å²) < 4.78 is 69.3. The zero-order chi connectivity index (χ0) is 28.3. The van der Waals surface area contributed by atoms with Crippen molar-refractivity contribution in [1.82, 2.24) is 20.2 Å². The molecule has 1 unspecified atom stereocenters. The number of halogens is 5. The highest BCUT2D eigenvalue weighted by atomic mass is 32.1. The van der Waals surface area contributed by atoms with Crippen molar-refractivity contribution in [3.63, 3.8) is 0 Å². The third-order valence-electron chi connectivity index (χ3n) is 8.33. The lowest BCUT2D eigenvalue weighted by Crippen LogP contribution is -2.46. The number of pyridine rings is 1. The van der Waals surface area contributed by atoms with Crippen LogP contribution < -0.4 is 10.6 Å². The van der Waals surface area contributed by atoms with Crippen LogP contribution in [0.15, 0.2) is 12.3 Å². The van der Waals surface area contributed by atoms with E-state index in [1.165, 1.54) is 0 Å². The SMILES string of the molecule is O=C(NC1CC(O)C1)c1nc(C(=O)N2C3CCC2CC3)c(-c2cnc(NC(C3CC3)C(F)(F)F)cc2C(F)F)s1. The number of aromatic nitrogens is 2. The molecule has 2 saturated carbocycles. The lowest BCUT2D eigenvalue weighted by atomic mass is 9.89. The number of amides is 2. The molecule has 3 N–H and O–H groups in total. The number of aliphatic hydroxyl groups is 1. The lowest BCUT2D eigenvalue weighted by molar-refractivity contribution is -0.146. The monoisotopic (exact) mass is 585 g/mol. The van der Waals surface area contributed by atoms with Gasteiger partial charge in [0.05, 0.1) is 11.0 Å². The molecule has 4 heterocycles. The van der Waals surface area contributed by atoms with Gasteiger partial charge in [0, 0.05) is 35.4 Å². The van der Waals surface area contributed by atoms with Crippen molar-refractivity contribution in [3.05, 3.63) is 28.5 Å². The highest BCUT2D eigenvalue weighted by molar-refractivity contribution is 7.17. The van der Waals surface area contributed by atoms with E-state index >= 15 is 0 Å². The maximum atomic E-state index is 14.3. The molecule has 4 aliphatic rings. The molecule has 40 heavy (non-hydrogen) atoms. The van der Waals surface area contributed by atoms with Gasteiger partial charge in [-0.1, -0.05) is 0 Å². The Bertz CT molecular complexity index is 1290. The average Bonchev–Trinajstić information content (AvgIpc) is 3.31. The Labute approximate surface area is 230 Å². The van der Waals surface area contributed by atoms with E-state index in [1.54, 1.807) is 4.90 Å². The van der Waals surface area contributed by atoms with Gasteiger partial charge in [0.2, 0.25) is 0 Å². The lowest BCUT2D eigenvalue weighted by Gasteiger charge is -2.31. The largest absolute Gasteiger partial charge is 0.408 e. The minimum Gasteiger partial charge on any atom is -0.393 e. The highest BCUT2D eigenvalue weighted by Crippen LogP contribution is 2.44. The van der Waals surface area contributed by atoms with E-state index in [4.69, 9.17) is 0 Å². The van der Waals surface area contributed by atoms with Crippen LogP contribution in [0.3, 0.4) is 0 Å². The number of aliphatic hydroxyl groups excluding tert-OH is 1. The molecule has 2 amide bonds. The van der Waals surface area contributed by atoms with Gasteiger partial charge in [-0.15, -0.1) is 11.3 Å². The summed E-state index contributed by atoms with van der Waals surface area (Å²) in [5.41, 5.74) is -0.899. The Morgan fingerprint density at radius 2 is 1.73 bits per heavy atom. The average molecular weight is 586 g/mol. The predicted octanol–water partition coefficient (Wildman–Crippen LogP) is 4.92. The van der Waals surface area contributed by atoms with Crippen LogP contribution in [0.1, 0.15) is 83.6 Å². The summed E-state index contributed by atoms with van der Waals surface area (Å²) in [4.78, 5) is 36.7. The van der Waals surface area contributed by atoms with Crippen LogP contribution in [-0.4, -0.2) is 68.2 Å². The van der Waals surface area contributed by atoms with Gasteiger partial charge in [0.25, 0.3) is 18.2 Å². The number of carbonyl (C=O) groups is 2. The Morgan fingerprint density at radius 1 is 1.07 bits per heavy atom. The van der Waals surface area contributed by atoms with Crippen LogP contribution in [0, 0.1) is 5.92 Å². The minimum absolute atomic E-state index is 0.0155. The van der Waals surface area contributed by atoms with E-state index in [0.717, 1.165) is 49.3 Å². The molecule has 4 fully saturated rings. The van der Waals surface area contributed by atoms with Gasteiger partial charge in [-0.3, -0.25) is 9.59 Å². The van der Waals surface area contributed by atoms with Gasteiger partial charge in [-0.25, -0.2) is 18.7 Å². The van der Waals surface area contributed by atoms with Crippen molar-refractivity contribution in [2.45, 2.75) is 94.2 Å². The van der Waals surface area contributed by atoms with Crippen molar-refractivity contribution < 1.29 is 36.6 Å². The molecule has 6 rings (SSSR count). The van der Waals surface area contributed by atoms with Gasteiger partial charge in [0.1, 0.15) is 17.6 Å². The van der Waals surface area contributed by atoms with Crippen molar-refractivity contribution in [2.75, 3.05) is 5.32 Å². The summed E-state index contributed by atoms with van der Waals surface area (Å²) >= 11 is 0.772. The van der Waals surface area contributed by atoms with Gasteiger partial charge in [0.15, 0.2) is 5.01 Å². The van der Waals surface area contributed by atoms with Crippen LogP contribution in [0.25, 0.3) is 10.4 Å². The number of rotatable bonds is 8. The molecule has 2 aliphatic carbocycles. The summed E-state index contributed by atoms with van der Waals surface area (Å²) in [6.45, 7) is 0. The maximum Gasteiger partial charge on any atom is 0.408 e. The van der Waals surface area contributed by atoms with Crippen LogP contribution in [0.5, 0.6) is 0 Å². The van der Waals surface area contributed by atoms with Crippen LogP contribution in [0.2, 0.25) is 0 Å². The third kappa shape index (κ3) is 5.15. The smallest absolute Gasteiger partial charge is 0.393 e. The quantitative estimate of drug-likeness (QED) is 0.380. The van der Waals surface area contributed by atoms with Crippen LogP contribution in [0.4, 0.5) is 27.8 Å². The highest BCUT2D eigenvalue weighted by Gasteiger charge is 2.49. The first-order valence-electron chi connectivity index (χ1n) is 13.4. The fourth-order valence-corrected chi connectivity index (χ4v) is 7.03. The number of carbonyl (C=O) groups excluding carboxylic acids is 2. The molecule has 0 spiro atoms. The van der Waals surface area contributed by atoms with Crippen LogP contribution >= 0.6 is 11.3 Å². The Kier molecular flexibility index (Phi) is 6.96. The Hall–Kier alpha value is -2.87. The normalized spacial score (nSPS) is 26.6. The third-order valence-corrected chi connectivity index (χ3v) is 9.41. The van der Waals surface area contributed by atoms with E-state index in [2.05, 4.69) is 20.6 Å². The molecule has 0 radical (unpaired) electrons. The number of thiazole rings is 1. The van der Waals surface area contributed by atoms with Crippen LogP contribution in [-0.2, 0) is 0 Å². The zero-order valence-corrected chi connectivity index (χ0v) is 22.1. The summed E-state index contributed by atoms with van der Waals surface area (Å²) in [7, 11) is 0. The van der Waals surface area contributed by atoms with Crippen molar-refractivity contribution in [1.29, 1.82) is 0 Å². The second kappa shape index (κ2) is 10.2. The fraction of sp³-hybridized carbons (Fsp3) is 0.615. The molecule has 2 aromatic rings. The number of hydrogen-bond acceptors (Lipinski definition) is 7. The predicted molar refractivity (Wildman–Crippen MR) is 135 cm³/mol. The summed E-state index contributed by atoms with van der Waals surface area (Å²) in [6, 6.07) is -1.25. The van der Waals surface area contributed by atoms with Crippen molar-refractivity contribution >= 4 is 29.0 Å². The fourth-order valence-electron chi connectivity index (χ4n) is 6.04. The standard InChI is InChI=1S/C26H28F5N5O3S/c27-22(28)16-9-18(34-21(11-1-2-11)26(29,30)31)32-10-17(16)20-19(25(39)36-13-3-4-14(36)6-5-13)35-24(40-20)23(38)33-12-7-15(37)8-12/h9-15,21-22,37H,1-8H2,(H,32,34)(H,33,38). The summed E-state index contributed by atoms with van der Waals surface area (Å²) in [5, 5.41) is 14.4. The molecule has 2 saturated heterocycles. The first-order chi connectivity index (χ1) is 19.0. The van der Waals surface area contributed by atoms with Crippen molar-refractivity contribution in [3.8, 4) is 10.4 Å². The van der Waals surface area contributed by atoms with E-state index in [9.17, 15) is 36.6 Å².